The Morgan fingerprint density at radius 2 is 1.65 bits per heavy atom. The molecule has 0 aromatic heterocycles. The van der Waals surface area contributed by atoms with Crippen LogP contribution in [0.3, 0.4) is 0 Å². The molecule has 1 N–H and O–H groups in total. The normalized spacial score (nSPS) is 16.5. The number of rotatable bonds is 8. The van der Waals surface area contributed by atoms with Gasteiger partial charge < -0.3 is 19.5 Å². The third kappa shape index (κ3) is 5.86. The first-order valence-corrected chi connectivity index (χ1v) is 10.6. The summed E-state index contributed by atoms with van der Waals surface area (Å²) < 4.78 is 17.1. The Hall–Kier alpha value is -3.31. The fourth-order valence-corrected chi connectivity index (χ4v) is 3.46. The molecular formula is C26H27NO4. The maximum atomic E-state index is 12.5. The number of carbonyl (C=O) groups excluding carboxylic acids is 1. The molecule has 5 heteroatoms. The lowest BCUT2D eigenvalue weighted by molar-refractivity contribution is -0.122. The van der Waals surface area contributed by atoms with Crippen molar-refractivity contribution in [2.75, 3.05) is 18.5 Å². The Bertz CT molecular complexity index is 965. The highest BCUT2D eigenvalue weighted by Crippen LogP contribution is 2.23. The van der Waals surface area contributed by atoms with Crippen LogP contribution in [-0.2, 0) is 9.53 Å². The van der Waals surface area contributed by atoms with E-state index in [1.165, 1.54) is 0 Å². The fourth-order valence-electron chi connectivity index (χ4n) is 3.46. The number of ether oxygens (including phenoxy) is 3. The molecule has 2 atom stereocenters. The van der Waals surface area contributed by atoms with Crippen LogP contribution in [0.25, 0.3) is 11.1 Å². The summed E-state index contributed by atoms with van der Waals surface area (Å²) in [4.78, 5) is 12.5. The van der Waals surface area contributed by atoms with Gasteiger partial charge in [-0.15, -0.1) is 0 Å². The van der Waals surface area contributed by atoms with Gasteiger partial charge in [0.25, 0.3) is 5.91 Å². The van der Waals surface area contributed by atoms with Crippen LogP contribution in [0.1, 0.15) is 19.8 Å². The maximum Gasteiger partial charge on any atom is 0.265 e. The maximum absolute atomic E-state index is 12.5. The summed E-state index contributed by atoms with van der Waals surface area (Å²) in [6.45, 7) is 3.11. The second-order valence-corrected chi connectivity index (χ2v) is 7.61. The lowest BCUT2D eigenvalue weighted by atomic mass is 10.1. The molecule has 1 amide bonds. The molecule has 0 aliphatic carbocycles. The Morgan fingerprint density at radius 3 is 2.32 bits per heavy atom. The number of carbonyl (C=O) groups is 1. The Kier molecular flexibility index (Phi) is 6.85. The van der Waals surface area contributed by atoms with Gasteiger partial charge in [0.05, 0.1) is 6.10 Å². The van der Waals surface area contributed by atoms with E-state index in [9.17, 15) is 4.79 Å². The van der Waals surface area contributed by atoms with E-state index in [1.807, 2.05) is 66.7 Å². The standard InChI is InChI=1S/C26H27NO4/c1-19(31-24-13-9-21(10-14-24)20-6-3-2-4-7-20)26(28)27-22-11-15-23(16-12-22)30-18-25-8-5-17-29-25/h2-4,6-7,9-16,19,25H,5,8,17-18H2,1H3,(H,27,28)/t19-,25+/m0/s1. The molecule has 3 aromatic carbocycles. The van der Waals surface area contributed by atoms with Crippen molar-refractivity contribution < 1.29 is 19.0 Å². The van der Waals surface area contributed by atoms with Gasteiger partial charge in [-0.2, -0.15) is 0 Å². The number of amides is 1. The third-order valence-electron chi connectivity index (χ3n) is 5.23. The van der Waals surface area contributed by atoms with Gasteiger partial charge in [-0.3, -0.25) is 4.79 Å². The highest BCUT2D eigenvalue weighted by Gasteiger charge is 2.17. The molecule has 1 saturated heterocycles. The Morgan fingerprint density at radius 1 is 0.968 bits per heavy atom. The molecule has 3 aromatic rings. The van der Waals surface area contributed by atoms with Gasteiger partial charge in [0, 0.05) is 12.3 Å². The number of anilines is 1. The zero-order valence-electron chi connectivity index (χ0n) is 17.6. The smallest absolute Gasteiger partial charge is 0.265 e. The molecule has 1 aliphatic heterocycles. The second kappa shape index (κ2) is 10.1. The van der Waals surface area contributed by atoms with E-state index in [4.69, 9.17) is 14.2 Å². The molecule has 5 nitrogen and oxygen atoms in total. The van der Waals surface area contributed by atoms with Gasteiger partial charge in [-0.25, -0.2) is 0 Å². The summed E-state index contributed by atoms with van der Waals surface area (Å²) in [5.74, 6) is 1.21. The van der Waals surface area contributed by atoms with E-state index < -0.39 is 6.10 Å². The first-order chi connectivity index (χ1) is 15.2. The van der Waals surface area contributed by atoms with Crippen molar-refractivity contribution in [3.05, 3.63) is 78.9 Å². The van der Waals surface area contributed by atoms with E-state index in [1.54, 1.807) is 6.92 Å². The summed E-state index contributed by atoms with van der Waals surface area (Å²) in [5.41, 5.74) is 2.94. The minimum Gasteiger partial charge on any atom is -0.491 e. The summed E-state index contributed by atoms with van der Waals surface area (Å²) in [5, 5.41) is 2.88. The minimum atomic E-state index is -0.627. The molecule has 160 valence electrons. The van der Waals surface area contributed by atoms with Crippen LogP contribution in [0, 0.1) is 0 Å². The molecule has 4 rings (SSSR count). The largest absolute Gasteiger partial charge is 0.491 e. The lowest BCUT2D eigenvalue weighted by Crippen LogP contribution is -2.30. The van der Waals surface area contributed by atoms with E-state index in [0.29, 0.717) is 18.0 Å². The van der Waals surface area contributed by atoms with Crippen LogP contribution in [-0.4, -0.2) is 31.3 Å². The van der Waals surface area contributed by atoms with Crippen molar-refractivity contribution in [1.29, 1.82) is 0 Å². The Labute approximate surface area is 183 Å². The van der Waals surface area contributed by atoms with E-state index in [-0.39, 0.29) is 12.0 Å². The lowest BCUT2D eigenvalue weighted by Gasteiger charge is -2.16. The van der Waals surface area contributed by atoms with Crippen molar-refractivity contribution in [2.24, 2.45) is 0 Å². The van der Waals surface area contributed by atoms with Crippen LogP contribution in [0.4, 0.5) is 5.69 Å². The highest BCUT2D eigenvalue weighted by atomic mass is 16.5. The van der Waals surface area contributed by atoms with E-state index >= 15 is 0 Å². The van der Waals surface area contributed by atoms with Crippen molar-refractivity contribution >= 4 is 11.6 Å². The second-order valence-electron chi connectivity index (χ2n) is 7.61. The van der Waals surface area contributed by atoms with Crippen LogP contribution in [0.15, 0.2) is 78.9 Å². The van der Waals surface area contributed by atoms with Crippen LogP contribution in [0.2, 0.25) is 0 Å². The SMILES string of the molecule is C[C@H](Oc1ccc(-c2ccccc2)cc1)C(=O)Nc1ccc(OC[C@H]2CCCO2)cc1. The van der Waals surface area contributed by atoms with Crippen molar-refractivity contribution in [2.45, 2.75) is 32.0 Å². The average molecular weight is 418 g/mol. The van der Waals surface area contributed by atoms with Crippen molar-refractivity contribution in [1.82, 2.24) is 0 Å². The van der Waals surface area contributed by atoms with Gasteiger partial charge in [0.2, 0.25) is 0 Å². The zero-order valence-corrected chi connectivity index (χ0v) is 17.6. The Balaban J connectivity index is 1.27. The van der Waals surface area contributed by atoms with Crippen molar-refractivity contribution in [3.8, 4) is 22.6 Å². The predicted molar refractivity (Wildman–Crippen MR) is 122 cm³/mol. The van der Waals surface area contributed by atoms with Gasteiger partial charge >= 0.3 is 0 Å². The van der Waals surface area contributed by atoms with E-state index in [0.717, 1.165) is 36.3 Å². The minimum absolute atomic E-state index is 0.180. The molecule has 0 saturated carbocycles. The van der Waals surface area contributed by atoms with Gasteiger partial charge in [0.1, 0.15) is 18.1 Å². The molecule has 0 radical (unpaired) electrons. The monoisotopic (exact) mass is 417 g/mol. The fraction of sp³-hybridized carbons (Fsp3) is 0.269. The quantitative estimate of drug-likeness (QED) is 0.539. The summed E-state index contributed by atoms with van der Waals surface area (Å²) in [7, 11) is 0. The molecule has 0 unspecified atom stereocenters. The summed E-state index contributed by atoms with van der Waals surface area (Å²) in [6.07, 6.45) is 1.69. The number of nitrogens with one attached hydrogen (secondary N) is 1. The molecule has 0 bridgehead atoms. The first kappa shape index (κ1) is 20.9. The molecule has 1 aliphatic rings. The summed E-state index contributed by atoms with van der Waals surface area (Å²) >= 11 is 0. The topological polar surface area (TPSA) is 56.8 Å². The van der Waals surface area contributed by atoms with Gasteiger partial charge in [-0.1, -0.05) is 42.5 Å². The highest BCUT2D eigenvalue weighted by molar-refractivity contribution is 5.94. The molecule has 0 spiro atoms. The average Bonchev–Trinajstić information content (AvgIpc) is 3.33. The number of hydrogen-bond donors (Lipinski definition) is 1. The first-order valence-electron chi connectivity index (χ1n) is 10.6. The van der Waals surface area contributed by atoms with Gasteiger partial charge in [-0.05, 0) is 67.3 Å². The number of benzene rings is 3. The van der Waals surface area contributed by atoms with Crippen LogP contribution in [0.5, 0.6) is 11.5 Å². The van der Waals surface area contributed by atoms with E-state index in [2.05, 4.69) is 17.4 Å². The predicted octanol–water partition coefficient (Wildman–Crippen LogP) is 5.32. The van der Waals surface area contributed by atoms with Gasteiger partial charge in [0.15, 0.2) is 6.10 Å². The summed E-state index contributed by atoms with van der Waals surface area (Å²) in [6, 6.07) is 25.2. The zero-order chi connectivity index (χ0) is 21.5. The molecule has 1 heterocycles. The molecule has 31 heavy (non-hydrogen) atoms. The number of hydrogen-bond acceptors (Lipinski definition) is 4. The van der Waals surface area contributed by atoms with Crippen LogP contribution < -0.4 is 14.8 Å². The van der Waals surface area contributed by atoms with Crippen LogP contribution >= 0.6 is 0 Å². The van der Waals surface area contributed by atoms with Crippen molar-refractivity contribution in [3.63, 3.8) is 0 Å². The molecule has 1 fully saturated rings. The molecular weight excluding hydrogens is 390 g/mol. The third-order valence-corrected chi connectivity index (χ3v) is 5.23.